The average molecular weight is 442 g/mol. The molecule has 0 amide bonds. The van der Waals surface area contributed by atoms with Gasteiger partial charge in [-0.05, 0) is 75.4 Å². The standard InChI is InChI=1S/C19H23F3N2O.C2H2O4/c1-13-16(9-10-23-12-14-5-3-2-4-6-14)17-11-15(25-19(20,21)22)7-8-18(17)24-13;3-1(4)2(5)6/h2-3,7-8,11,14,23-24H,4-6,9-10,12H2,1H3;(H,3,4)(H,5,6). The molecule has 31 heavy (non-hydrogen) atoms. The first-order chi connectivity index (χ1) is 14.6. The number of halogens is 3. The fourth-order valence-electron chi connectivity index (χ4n) is 3.44. The van der Waals surface area contributed by atoms with Gasteiger partial charge in [0.2, 0.25) is 0 Å². The summed E-state index contributed by atoms with van der Waals surface area (Å²) in [5.41, 5.74) is 2.86. The molecule has 1 atom stereocenters. The summed E-state index contributed by atoms with van der Waals surface area (Å²) in [6.07, 6.45) is 4.05. The molecule has 1 aromatic carbocycles. The molecule has 4 N–H and O–H groups in total. The summed E-state index contributed by atoms with van der Waals surface area (Å²) in [5, 5.41) is 19.1. The Morgan fingerprint density at radius 2 is 1.94 bits per heavy atom. The quantitative estimate of drug-likeness (QED) is 0.306. The number of carboxylic acid groups (broad SMARTS) is 2. The first kappa shape index (κ1) is 24.3. The molecule has 0 fully saturated rings. The highest BCUT2D eigenvalue weighted by Crippen LogP contribution is 2.29. The SMILES string of the molecule is Cc1[nH]c2ccc(OC(F)(F)F)cc2c1CCNCC1CC=CCC1.O=C(O)C(=O)O. The molecular weight excluding hydrogens is 417 g/mol. The topological polar surface area (TPSA) is 112 Å². The van der Waals surface area contributed by atoms with Crippen LogP contribution in [0.25, 0.3) is 10.9 Å². The number of ether oxygens (including phenoxy) is 1. The van der Waals surface area contributed by atoms with E-state index in [0.717, 1.165) is 54.5 Å². The number of hydrogen-bond acceptors (Lipinski definition) is 4. The maximum Gasteiger partial charge on any atom is 0.573 e. The van der Waals surface area contributed by atoms with Crippen molar-refractivity contribution in [3.63, 3.8) is 0 Å². The zero-order valence-electron chi connectivity index (χ0n) is 17.0. The molecular formula is C21H25F3N2O5. The number of aliphatic carboxylic acids is 2. The van der Waals surface area contributed by atoms with Crippen LogP contribution in [-0.2, 0) is 16.0 Å². The minimum absolute atomic E-state index is 0.179. The molecule has 0 bridgehead atoms. The summed E-state index contributed by atoms with van der Waals surface area (Å²) in [6, 6.07) is 4.44. The largest absolute Gasteiger partial charge is 0.573 e. The number of nitrogens with one attached hydrogen (secondary N) is 2. The second-order valence-electron chi connectivity index (χ2n) is 7.20. The number of rotatable bonds is 6. The van der Waals surface area contributed by atoms with Crippen LogP contribution in [0, 0.1) is 12.8 Å². The van der Waals surface area contributed by atoms with Gasteiger partial charge < -0.3 is 25.3 Å². The molecule has 1 aliphatic rings. The third kappa shape index (κ3) is 7.97. The highest BCUT2D eigenvalue weighted by atomic mass is 19.4. The van der Waals surface area contributed by atoms with E-state index in [1.165, 1.54) is 18.6 Å². The summed E-state index contributed by atoms with van der Waals surface area (Å²) in [4.78, 5) is 21.4. The molecule has 3 rings (SSSR count). The first-order valence-electron chi connectivity index (χ1n) is 9.75. The van der Waals surface area contributed by atoms with Crippen LogP contribution in [-0.4, -0.2) is 46.6 Å². The van der Waals surface area contributed by atoms with E-state index >= 15 is 0 Å². The Balaban J connectivity index is 0.000000501. The van der Waals surface area contributed by atoms with Gasteiger partial charge in [-0.15, -0.1) is 13.2 Å². The van der Waals surface area contributed by atoms with Crippen LogP contribution in [0.2, 0.25) is 0 Å². The van der Waals surface area contributed by atoms with Crippen LogP contribution < -0.4 is 10.1 Å². The van der Waals surface area contributed by atoms with Gasteiger partial charge in [0.1, 0.15) is 5.75 Å². The van der Waals surface area contributed by atoms with Crippen molar-refractivity contribution in [2.24, 2.45) is 5.92 Å². The number of H-pyrrole nitrogens is 1. The lowest BCUT2D eigenvalue weighted by molar-refractivity contribution is -0.274. The van der Waals surface area contributed by atoms with Crippen molar-refractivity contribution in [3.8, 4) is 5.75 Å². The number of carbonyl (C=O) groups is 2. The molecule has 0 spiro atoms. The summed E-state index contributed by atoms with van der Waals surface area (Å²) in [5.74, 6) is -3.15. The van der Waals surface area contributed by atoms with Crippen LogP contribution in [0.3, 0.4) is 0 Å². The third-order valence-electron chi connectivity index (χ3n) is 4.87. The van der Waals surface area contributed by atoms with E-state index in [4.69, 9.17) is 19.8 Å². The number of alkyl halides is 3. The molecule has 0 saturated heterocycles. The second kappa shape index (κ2) is 10.9. The second-order valence-corrected chi connectivity index (χ2v) is 7.20. The van der Waals surface area contributed by atoms with E-state index in [1.807, 2.05) is 6.92 Å². The molecule has 0 radical (unpaired) electrons. The van der Waals surface area contributed by atoms with Crippen LogP contribution in [0.1, 0.15) is 30.5 Å². The average Bonchev–Trinajstić information content (AvgIpc) is 3.00. The van der Waals surface area contributed by atoms with Gasteiger partial charge in [0, 0.05) is 16.6 Å². The number of fused-ring (bicyclic) bond motifs is 1. The zero-order valence-corrected chi connectivity index (χ0v) is 17.0. The Labute approximate surface area is 176 Å². The molecule has 0 aliphatic heterocycles. The van der Waals surface area contributed by atoms with Crippen molar-refractivity contribution in [3.05, 3.63) is 41.6 Å². The Bertz CT molecular complexity index is 925. The van der Waals surface area contributed by atoms with Gasteiger partial charge in [-0.3, -0.25) is 0 Å². The number of aromatic amines is 1. The van der Waals surface area contributed by atoms with E-state index in [2.05, 4.69) is 27.2 Å². The maximum atomic E-state index is 12.4. The smallest absolute Gasteiger partial charge is 0.473 e. The number of aryl methyl sites for hydroxylation is 1. The minimum Gasteiger partial charge on any atom is -0.473 e. The summed E-state index contributed by atoms with van der Waals surface area (Å²) < 4.78 is 41.3. The monoisotopic (exact) mass is 442 g/mol. The lowest BCUT2D eigenvalue weighted by atomic mass is 9.94. The molecule has 170 valence electrons. The Morgan fingerprint density at radius 3 is 2.52 bits per heavy atom. The number of hydrogen-bond donors (Lipinski definition) is 4. The molecule has 1 heterocycles. The summed E-state index contributed by atoms with van der Waals surface area (Å²) >= 11 is 0. The highest BCUT2D eigenvalue weighted by molar-refractivity contribution is 6.27. The van der Waals surface area contributed by atoms with Crippen molar-refractivity contribution in [2.45, 2.75) is 39.0 Å². The van der Waals surface area contributed by atoms with Crippen LogP contribution in [0.4, 0.5) is 13.2 Å². The fraction of sp³-hybridized carbons (Fsp3) is 0.429. The molecule has 10 heteroatoms. The Morgan fingerprint density at radius 1 is 1.23 bits per heavy atom. The van der Waals surface area contributed by atoms with Gasteiger partial charge >= 0.3 is 18.3 Å². The number of allylic oxidation sites excluding steroid dienone is 2. The Hall–Kier alpha value is -3.01. The van der Waals surface area contributed by atoms with Crippen LogP contribution >= 0.6 is 0 Å². The molecule has 0 saturated carbocycles. The third-order valence-corrected chi connectivity index (χ3v) is 4.87. The van der Waals surface area contributed by atoms with Crippen molar-refractivity contribution in [1.82, 2.24) is 10.3 Å². The number of aromatic nitrogens is 1. The molecule has 1 unspecified atom stereocenters. The van der Waals surface area contributed by atoms with Gasteiger partial charge in [0.05, 0.1) is 0 Å². The molecule has 2 aromatic rings. The van der Waals surface area contributed by atoms with E-state index in [0.29, 0.717) is 5.92 Å². The lowest BCUT2D eigenvalue weighted by Gasteiger charge is -2.18. The number of benzene rings is 1. The van der Waals surface area contributed by atoms with E-state index in [9.17, 15) is 13.2 Å². The first-order valence-corrected chi connectivity index (χ1v) is 9.75. The van der Waals surface area contributed by atoms with Gasteiger partial charge in [-0.1, -0.05) is 12.2 Å². The summed E-state index contributed by atoms with van der Waals surface area (Å²) in [7, 11) is 0. The highest BCUT2D eigenvalue weighted by Gasteiger charge is 2.31. The van der Waals surface area contributed by atoms with E-state index in [1.54, 1.807) is 6.07 Å². The van der Waals surface area contributed by atoms with E-state index in [-0.39, 0.29) is 5.75 Å². The predicted molar refractivity (Wildman–Crippen MR) is 108 cm³/mol. The van der Waals surface area contributed by atoms with E-state index < -0.39 is 18.3 Å². The van der Waals surface area contributed by atoms with Gasteiger partial charge in [0.15, 0.2) is 0 Å². The van der Waals surface area contributed by atoms with Crippen LogP contribution in [0.5, 0.6) is 5.75 Å². The normalized spacial score (nSPS) is 15.9. The summed E-state index contributed by atoms with van der Waals surface area (Å²) in [6.45, 7) is 3.73. The molecule has 1 aromatic heterocycles. The van der Waals surface area contributed by atoms with Gasteiger partial charge in [-0.25, -0.2) is 9.59 Å². The predicted octanol–water partition coefficient (Wildman–Crippen LogP) is 4.02. The van der Waals surface area contributed by atoms with Crippen molar-refractivity contribution in [1.29, 1.82) is 0 Å². The fourth-order valence-corrected chi connectivity index (χ4v) is 3.44. The Kier molecular flexibility index (Phi) is 8.49. The van der Waals surface area contributed by atoms with Crippen molar-refractivity contribution < 1.29 is 37.7 Å². The molecule has 1 aliphatic carbocycles. The number of carboxylic acids is 2. The minimum atomic E-state index is -4.67. The van der Waals surface area contributed by atoms with Gasteiger partial charge in [0.25, 0.3) is 0 Å². The van der Waals surface area contributed by atoms with Gasteiger partial charge in [-0.2, -0.15) is 0 Å². The van der Waals surface area contributed by atoms with Crippen molar-refractivity contribution >= 4 is 22.8 Å². The van der Waals surface area contributed by atoms with Crippen molar-refractivity contribution in [2.75, 3.05) is 13.1 Å². The van der Waals surface area contributed by atoms with Crippen LogP contribution in [0.15, 0.2) is 30.4 Å². The zero-order chi connectivity index (χ0) is 23.0. The lowest BCUT2D eigenvalue weighted by Crippen LogP contribution is -2.25. The maximum absolute atomic E-state index is 12.4. The molecule has 7 nitrogen and oxygen atoms in total.